The second-order valence-corrected chi connectivity index (χ2v) is 13.2. The maximum Gasteiger partial charge on any atom is 0.513 e. The van der Waals surface area contributed by atoms with Crippen LogP contribution >= 0.6 is 0 Å². The summed E-state index contributed by atoms with van der Waals surface area (Å²) in [5.74, 6) is -0.533. The van der Waals surface area contributed by atoms with Gasteiger partial charge in [-0.05, 0) is 42.7 Å². The van der Waals surface area contributed by atoms with Gasteiger partial charge in [0, 0.05) is 22.9 Å². The first kappa shape index (κ1) is 37.5. The summed E-state index contributed by atoms with van der Waals surface area (Å²) >= 11 is 0. The van der Waals surface area contributed by atoms with Gasteiger partial charge in [-0.3, -0.25) is 4.79 Å². The van der Waals surface area contributed by atoms with Crippen molar-refractivity contribution >= 4 is 23.0 Å². The highest BCUT2D eigenvalue weighted by Gasteiger charge is 2.45. The second kappa shape index (κ2) is 15.5. The number of aromatic nitrogens is 5. The monoisotopic (exact) mass is 751 g/mol. The first-order chi connectivity index (χ1) is 26.1. The second-order valence-electron chi connectivity index (χ2n) is 13.2. The molecule has 1 fully saturated rings. The number of benzene rings is 1. The Morgan fingerprint density at radius 3 is 2.63 bits per heavy atom. The number of cyclic esters (lactones) is 1. The Balaban J connectivity index is 0.897. The van der Waals surface area contributed by atoms with E-state index in [2.05, 4.69) is 10.3 Å². The minimum absolute atomic E-state index is 0.0301. The average Bonchev–Trinajstić information content (AvgIpc) is 3.78. The van der Waals surface area contributed by atoms with E-state index in [-0.39, 0.29) is 81.5 Å². The Morgan fingerprint density at radius 2 is 1.85 bits per heavy atom. The number of hydrogen-bond acceptors (Lipinski definition) is 16. The van der Waals surface area contributed by atoms with Crippen molar-refractivity contribution in [2.45, 2.75) is 83.0 Å². The van der Waals surface area contributed by atoms with E-state index >= 15 is 0 Å². The summed E-state index contributed by atoms with van der Waals surface area (Å²) in [5, 5.41) is 49.3. The summed E-state index contributed by atoms with van der Waals surface area (Å²) in [5.41, 5.74) is 2.18. The Kier molecular flexibility index (Phi) is 10.8. The third-order valence-corrected chi connectivity index (χ3v) is 9.96. The smallest absolute Gasteiger partial charge is 0.458 e. The summed E-state index contributed by atoms with van der Waals surface area (Å²) in [7, 11) is 0. The molecule has 18 heteroatoms. The van der Waals surface area contributed by atoms with Crippen LogP contribution in [0.1, 0.15) is 60.9 Å². The number of ether oxygens (including phenoxy) is 6. The summed E-state index contributed by atoms with van der Waals surface area (Å²) in [6.45, 7) is 3.84. The number of nitrogens with zero attached hydrogens (tertiary/aromatic N) is 5. The van der Waals surface area contributed by atoms with Crippen molar-refractivity contribution in [1.82, 2.24) is 24.5 Å². The number of fused-ring (bicyclic) bond motifs is 5. The lowest BCUT2D eigenvalue weighted by atomic mass is 9.86. The van der Waals surface area contributed by atoms with Crippen LogP contribution in [-0.2, 0) is 60.3 Å². The highest BCUT2D eigenvalue weighted by atomic mass is 16.7. The first-order valence-corrected chi connectivity index (χ1v) is 17.7. The number of aryl methyl sites for hydroxylation is 1. The number of pyridine rings is 2. The maximum atomic E-state index is 13.6. The fourth-order valence-electron chi connectivity index (χ4n) is 7.10. The molecule has 54 heavy (non-hydrogen) atoms. The van der Waals surface area contributed by atoms with Gasteiger partial charge in [0.05, 0.1) is 74.3 Å². The molecule has 0 bridgehead atoms. The van der Waals surface area contributed by atoms with Crippen LogP contribution in [0.5, 0.6) is 5.75 Å². The molecule has 288 valence electrons. The molecule has 0 saturated carbocycles. The summed E-state index contributed by atoms with van der Waals surface area (Å²) in [4.78, 5) is 43.4. The van der Waals surface area contributed by atoms with Gasteiger partial charge in [0.2, 0.25) is 0 Å². The summed E-state index contributed by atoms with van der Waals surface area (Å²) < 4.78 is 35.3. The molecule has 3 aliphatic rings. The molecule has 7 rings (SSSR count). The highest BCUT2D eigenvalue weighted by molar-refractivity contribution is 5.90. The molecule has 0 radical (unpaired) electrons. The molecule has 18 nitrogen and oxygen atoms in total. The van der Waals surface area contributed by atoms with Gasteiger partial charge in [-0.2, -0.15) is 0 Å². The number of carbonyl (C=O) groups is 2. The van der Waals surface area contributed by atoms with Crippen LogP contribution in [0.4, 0.5) is 4.79 Å². The van der Waals surface area contributed by atoms with Crippen LogP contribution in [0.2, 0.25) is 0 Å². The number of esters is 1. The van der Waals surface area contributed by atoms with Crippen molar-refractivity contribution in [3.05, 3.63) is 68.8 Å². The molecular weight excluding hydrogens is 710 g/mol. The maximum absolute atomic E-state index is 13.6. The number of rotatable bonds is 13. The lowest BCUT2D eigenvalue weighted by molar-refractivity contribution is -0.210. The first-order valence-electron chi connectivity index (χ1n) is 17.7. The molecule has 6 heterocycles. The van der Waals surface area contributed by atoms with Gasteiger partial charge in [-0.25, -0.2) is 19.3 Å². The fraction of sp³-hybridized carbons (Fsp3) is 0.500. The minimum Gasteiger partial charge on any atom is -0.458 e. The topological polar surface area (TPSA) is 236 Å². The van der Waals surface area contributed by atoms with Gasteiger partial charge in [0.15, 0.2) is 11.8 Å². The molecular formula is C36H41N5O13. The number of aliphatic hydroxyl groups is 4. The van der Waals surface area contributed by atoms with Gasteiger partial charge in [-0.1, -0.05) is 19.1 Å². The Bertz CT molecular complexity index is 2120. The van der Waals surface area contributed by atoms with Crippen molar-refractivity contribution in [2.24, 2.45) is 0 Å². The van der Waals surface area contributed by atoms with Gasteiger partial charge < -0.3 is 53.4 Å². The van der Waals surface area contributed by atoms with Crippen LogP contribution in [0.3, 0.4) is 0 Å². The van der Waals surface area contributed by atoms with Gasteiger partial charge in [0.1, 0.15) is 36.9 Å². The van der Waals surface area contributed by atoms with Crippen LogP contribution < -0.4 is 10.3 Å². The molecule has 3 aliphatic heterocycles. The molecule has 0 amide bonds. The lowest BCUT2D eigenvalue weighted by Gasteiger charge is -2.36. The van der Waals surface area contributed by atoms with E-state index in [1.54, 1.807) is 42.0 Å². The average molecular weight is 752 g/mol. The largest absolute Gasteiger partial charge is 0.513 e. The molecule has 4 N–H and O–H groups in total. The predicted octanol–water partition coefficient (Wildman–Crippen LogP) is 0.984. The van der Waals surface area contributed by atoms with E-state index in [0.717, 1.165) is 16.5 Å². The van der Waals surface area contributed by atoms with Crippen molar-refractivity contribution in [1.29, 1.82) is 0 Å². The Hall–Kier alpha value is -4.82. The summed E-state index contributed by atoms with van der Waals surface area (Å²) in [6, 6.07) is 6.68. The van der Waals surface area contributed by atoms with Crippen LogP contribution in [-0.4, -0.2) is 108 Å². The normalized spacial score (nSPS) is 23.1. The molecule has 5 atom stereocenters. The zero-order valence-electron chi connectivity index (χ0n) is 29.7. The van der Waals surface area contributed by atoms with E-state index in [0.29, 0.717) is 29.0 Å². The highest BCUT2D eigenvalue weighted by Crippen LogP contribution is 2.41. The van der Waals surface area contributed by atoms with Gasteiger partial charge in [0.25, 0.3) is 5.56 Å². The van der Waals surface area contributed by atoms with E-state index in [9.17, 15) is 34.8 Å². The quantitative estimate of drug-likeness (QED) is 0.0746. The van der Waals surface area contributed by atoms with E-state index in [1.165, 1.54) is 4.68 Å². The third kappa shape index (κ3) is 6.97. The standard InChI is InChI=1S/C36H41N5O13/c1-3-21-22-11-20(5-6-26(22)37-31-23(21)15-40-27(31)12-25-24(32(40)45)18-52-34(46)36(25,48)4-2)53-35(47)51-10-9-49-7-8-50-17-19-14-41(39-38-19)33-29(44)13-28(43)30(16-42)54-33/h5-6,11-12,14,28-30,33,42-44,48H,3-4,7-10,13,15-18H2,1-2H3/t28-,29+,30+,33+,36+/m1/s1. The number of aliphatic hydroxyl groups excluding tert-OH is 3. The van der Waals surface area contributed by atoms with Crippen molar-refractivity contribution in [3.63, 3.8) is 0 Å². The van der Waals surface area contributed by atoms with Crippen LogP contribution in [0.25, 0.3) is 22.3 Å². The molecule has 0 unspecified atom stereocenters. The Labute approximate surface area is 307 Å². The summed E-state index contributed by atoms with van der Waals surface area (Å²) in [6.07, 6.45) is -2.44. The predicted molar refractivity (Wildman–Crippen MR) is 184 cm³/mol. The molecule has 0 aliphatic carbocycles. The zero-order chi connectivity index (χ0) is 38.1. The SMILES string of the molecule is CCc1c2c(nc3ccc(OC(=O)OCCOCCOCc4cn([C@H]5O[C@@H](CO)[C@H](O)C[C@@H]5O)nn4)cc13)-c1cc3c(c(=O)n1C2)COC(=O)[C@]3(O)CC. The third-order valence-electron chi connectivity index (χ3n) is 9.96. The Morgan fingerprint density at radius 1 is 1.06 bits per heavy atom. The molecule has 4 aromatic rings. The minimum atomic E-state index is -1.92. The fourth-order valence-corrected chi connectivity index (χ4v) is 7.10. The van der Waals surface area contributed by atoms with Crippen LogP contribution in [0.15, 0.2) is 35.3 Å². The molecule has 1 saturated heterocycles. The van der Waals surface area contributed by atoms with Gasteiger partial charge in [-0.15, -0.1) is 5.10 Å². The lowest BCUT2D eigenvalue weighted by Crippen LogP contribution is -2.46. The number of carbonyl (C=O) groups excluding carboxylic acids is 2. The zero-order valence-corrected chi connectivity index (χ0v) is 29.7. The van der Waals surface area contributed by atoms with E-state index in [1.807, 2.05) is 6.92 Å². The molecule has 3 aromatic heterocycles. The van der Waals surface area contributed by atoms with Gasteiger partial charge >= 0.3 is 12.1 Å². The molecule has 1 aromatic carbocycles. The van der Waals surface area contributed by atoms with Crippen molar-refractivity contribution < 1.29 is 58.4 Å². The van der Waals surface area contributed by atoms with E-state index in [4.69, 9.17) is 33.4 Å². The number of hydrogen-bond donors (Lipinski definition) is 4. The van der Waals surface area contributed by atoms with Crippen molar-refractivity contribution in [2.75, 3.05) is 33.0 Å². The van der Waals surface area contributed by atoms with Crippen LogP contribution in [0, 0.1) is 0 Å². The van der Waals surface area contributed by atoms with E-state index < -0.39 is 48.9 Å². The molecule has 0 spiro atoms. The van der Waals surface area contributed by atoms with Crippen molar-refractivity contribution in [3.8, 4) is 17.1 Å².